The van der Waals surface area contributed by atoms with Crippen molar-refractivity contribution in [2.75, 3.05) is 39.4 Å². The van der Waals surface area contributed by atoms with E-state index >= 15 is 0 Å². The largest absolute Gasteiger partial charge is 0.466 e. The molecular weight excluding hydrogens is 486 g/mol. The van der Waals surface area contributed by atoms with Crippen molar-refractivity contribution < 1.29 is 28.4 Å². The van der Waals surface area contributed by atoms with Crippen molar-refractivity contribution in [2.24, 2.45) is 5.92 Å². The highest BCUT2D eigenvalue weighted by Gasteiger charge is 2.30. The first-order valence-electron chi connectivity index (χ1n) is 12.5. The Morgan fingerprint density at radius 1 is 1.19 bits per heavy atom. The van der Waals surface area contributed by atoms with Gasteiger partial charge >= 0.3 is 5.97 Å². The lowest BCUT2D eigenvalue weighted by Gasteiger charge is -2.32. The molecule has 1 aromatic carbocycles. The number of piperidine rings is 1. The maximum Gasteiger partial charge on any atom is 0.309 e. The summed E-state index contributed by atoms with van der Waals surface area (Å²) in [4.78, 5) is 41.6. The molecule has 1 unspecified atom stereocenters. The topological polar surface area (TPSA) is 102 Å². The van der Waals surface area contributed by atoms with Crippen LogP contribution in [0.1, 0.15) is 49.5 Å². The molecule has 0 radical (unpaired) electrons. The number of amides is 2. The molecule has 36 heavy (non-hydrogen) atoms. The highest BCUT2D eigenvalue weighted by molar-refractivity contribution is 6.33. The summed E-state index contributed by atoms with van der Waals surface area (Å²) in [6, 6.07) is 8.76. The number of halogens is 1. The highest BCUT2D eigenvalue weighted by atomic mass is 35.5. The molecule has 4 rings (SSSR count). The Kier molecular flexibility index (Phi) is 8.98. The first-order valence-corrected chi connectivity index (χ1v) is 12.9. The van der Waals surface area contributed by atoms with Crippen LogP contribution in [0.5, 0.6) is 0 Å². The number of carbonyl (C=O) groups is 3. The van der Waals surface area contributed by atoms with Crippen LogP contribution in [0.4, 0.5) is 0 Å². The summed E-state index contributed by atoms with van der Waals surface area (Å²) in [5, 5.41) is 4.48. The zero-order valence-electron chi connectivity index (χ0n) is 20.5. The molecule has 3 heterocycles. The van der Waals surface area contributed by atoms with Crippen molar-refractivity contribution >= 4 is 29.4 Å². The fourth-order valence-corrected chi connectivity index (χ4v) is 4.88. The number of hydrogen-bond donors (Lipinski definition) is 0. The average molecular weight is 518 g/mol. The number of benzene rings is 1. The Labute approximate surface area is 215 Å². The van der Waals surface area contributed by atoms with Gasteiger partial charge in [-0.1, -0.05) is 28.9 Å². The van der Waals surface area contributed by atoms with Crippen LogP contribution in [-0.4, -0.2) is 78.2 Å². The van der Waals surface area contributed by atoms with Gasteiger partial charge in [-0.05, 0) is 44.7 Å². The van der Waals surface area contributed by atoms with E-state index in [-0.39, 0.29) is 48.5 Å². The van der Waals surface area contributed by atoms with Crippen molar-refractivity contribution in [3.05, 3.63) is 41.0 Å². The van der Waals surface area contributed by atoms with Crippen LogP contribution in [0, 0.1) is 5.92 Å². The van der Waals surface area contributed by atoms with E-state index in [0.29, 0.717) is 62.0 Å². The van der Waals surface area contributed by atoms with Crippen molar-refractivity contribution in [1.82, 2.24) is 15.0 Å². The van der Waals surface area contributed by atoms with E-state index in [2.05, 4.69) is 5.16 Å². The molecule has 2 aliphatic rings. The fourth-order valence-electron chi connectivity index (χ4n) is 4.65. The predicted octanol–water partition coefficient (Wildman–Crippen LogP) is 3.81. The molecule has 1 aromatic heterocycles. The number of hydrogen-bond acceptors (Lipinski definition) is 7. The van der Waals surface area contributed by atoms with E-state index in [0.717, 1.165) is 12.8 Å². The third-order valence-electron chi connectivity index (χ3n) is 6.67. The van der Waals surface area contributed by atoms with E-state index in [1.165, 1.54) is 0 Å². The lowest BCUT2D eigenvalue weighted by atomic mass is 9.97. The summed E-state index contributed by atoms with van der Waals surface area (Å²) in [5.41, 5.74) is 0.809. The smallest absolute Gasteiger partial charge is 0.309 e. The number of carbonyl (C=O) groups excluding carboxylic acids is 3. The third kappa shape index (κ3) is 6.44. The maximum atomic E-state index is 13.4. The van der Waals surface area contributed by atoms with Gasteiger partial charge in [0.25, 0.3) is 5.91 Å². The molecule has 0 bridgehead atoms. The van der Waals surface area contributed by atoms with E-state index in [9.17, 15) is 14.4 Å². The summed E-state index contributed by atoms with van der Waals surface area (Å²) in [6.07, 6.45) is 3.10. The van der Waals surface area contributed by atoms with E-state index in [1.807, 2.05) is 12.1 Å². The van der Waals surface area contributed by atoms with Crippen LogP contribution in [0.2, 0.25) is 5.02 Å². The van der Waals surface area contributed by atoms with Gasteiger partial charge in [0, 0.05) is 50.8 Å². The molecule has 0 aliphatic carbocycles. The summed E-state index contributed by atoms with van der Waals surface area (Å²) >= 11 is 6.26. The molecule has 2 amide bonds. The molecule has 0 spiro atoms. The Bertz CT molecular complexity index is 1060. The van der Waals surface area contributed by atoms with E-state index < -0.39 is 0 Å². The molecule has 1 atom stereocenters. The van der Waals surface area contributed by atoms with Gasteiger partial charge in [0.15, 0.2) is 11.5 Å². The minimum absolute atomic E-state index is 0.0423. The van der Waals surface area contributed by atoms with Gasteiger partial charge in [0.1, 0.15) is 0 Å². The maximum absolute atomic E-state index is 13.4. The van der Waals surface area contributed by atoms with Crippen LogP contribution < -0.4 is 0 Å². The lowest BCUT2D eigenvalue weighted by Crippen LogP contribution is -2.43. The second-order valence-corrected chi connectivity index (χ2v) is 9.51. The fraction of sp³-hybridized carbons (Fsp3) is 0.538. The van der Waals surface area contributed by atoms with Gasteiger partial charge in [-0.3, -0.25) is 14.4 Å². The van der Waals surface area contributed by atoms with Crippen LogP contribution in [0.25, 0.3) is 11.3 Å². The summed E-state index contributed by atoms with van der Waals surface area (Å²) < 4.78 is 16.3. The Morgan fingerprint density at radius 2 is 1.97 bits per heavy atom. The van der Waals surface area contributed by atoms with Gasteiger partial charge in [0.05, 0.1) is 23.7 Å². The summed E-state index contributed by atoms with van der Waals surface area (Å²) in [6.45, 7) is 4.45. The minimum Gasteiger partial charge on any atom is -0.466 e. The van der Waals surface area contributed by atoms with Gasteiger partial charge in [0.2, 0.25) is 5.91 Å². The van der Waals surface area contributed by atoms with Crippen LogP contribution in [0.3, 0.4) is 0 Å². The quantitative estimate of drug-likeness (QED) is 0.466. The Morgan fingerprint density at radius 3 is 2.67 bits per heavy atom. The van der Waals surface area contributed by atoms with Gasteiger partial charge in [-0.25, -0.2) is 0 Å². The minimum atomic E-state index is -0.318. The number of rotatable bonds is 9. The molecule has 2 aliphatic heterocycles. The van der Waals surface area contributed by atoms with Crippen LogP contribution in [0.15, 0.2) is 34.9 Å². The molecule has 194 valence electrons. The van der Waals surface area contributed by atoms with Gasteiger partial charge in [-0.15, -0.1) is 0 Å². The van der Waals surface area contributed by atoms with Crippen molar-refractivity contribution in [1.29, 1.82) is 0 Å². The first kappa shape index (κ1) is 26.2. The zero-order chi connectivity index (χ0) is 25.5. The molecule has 0 saturated carbocycles. The average Bonchev–Trinajstić information content (AvgIpc) is 3.59. The van der Waals surface area contributed by atoms with Gasteiger partial charge in [-0.2, -0.15) is 0 Å². The molecule has 10 heteroatoms. The number of esters is 1. The SMILES string of the molecule is CCOC(=O)C1CCN(C(=O)CCN(CC2CCCO2)C(=O)c2cc(-c3ccccc3Cl)on2)CC1. The van der Waals surface area contributed by atoms with Crippen molar-refractivity contribution in [3.63, 3.8) is 0 Å². The third-order valence-corrected chi connectivity index (χ3v) is 7.00. The Hall–Kier alpha value is -2.91. The summed E-state index contributed by atoms with van der Waals surface area (Å²) in [5.74, 6) is -0.310. The number of likely N-dealkylation sites (tertiary alicyclic amines) is 1. The van der Waals surface area contributed by atoms with Crippen molar-refractivity contribution in [2.45, 2.75) is 45.1 Å². The molecule has 9 nitrogen and oxygen atoms in total. The van der Waals surface area contributed by atoms with Crippen LogP contribution in [-0.2, 0) is 19.1 Å². The lowest BCUT2D eigenvalue weighted by molar-refractivity contribution is -0.151. The molecule has 0 N–H and O–H groups in total. The molecule has 2 fully saturated rings. The number of ether oxygens (including phenoxy) is 2. The second-order valence-electron chi connectivity index (χ2n) is 9.10. The van der Waals surface area contributed by atoms with E-state index in [4.69, 9.17) is 25.6 Å². The second kappa shape index (κ2) is 12.4. The highest BCUT2D eigenvalue weighted by Crippen LogP contribution is 2.28. The van der Waals surface area contributed by atoms with Gasteiger partial charge < -0.3 is 23.8 Å². The zero-order valence-corrected chi connectivity index (χ0v) is 21.2. The first-order chi connectivity index (χ1) is 17.5. The number of nitrogens with zero attached hydrogens (tertiary/aromatic N) is 3. The molecular formula is C26H32ClN3O6. The molecule has 2 aromatic rings. The predicted molar refractivity (Wildman–Crippen MR) is 132 cm³/mol. The standard InChI is InChI=1S/C26H32ClN3O6/c1-2-34-26(33)18-9-12-29(13-10-18)24(31)11-14-30(17-19-6-5-15-35-19)25(32)22-16-23(36-28-22)20-7-3-4-8-21(20)27/h3-4,7-8,16,18-19H,2,5-6,9-15,17H2,1H3. The van der Waals surface area contributed by atoms with E-state index in [1.54, 1.807) is 34.9 Å². The number of aromatic nitrogens is 1. The van der Waals surface area contributed by atoms with Crippen LogP contribution >= 0.6 is 11.6 Å². The summed E-state index contributed by atoms with van der Waals surface area (Å²) in [7, 11) is 0. The normalized spacial score (nSPS) is 18.3. The monoisotopic (exact) mass is 517 g/mol. The Balaban J connectivity index is 1.38. The molecule has 2 saturated heterocycles. The van der Waals surface area contributed by atoms with Crippen molar-refractivity contribution in [3.8, 4) is 11.3 Å².